The molecule has 2 rings (SSSR count). The molecule has 0 radical (unpaired) electrons. The molecule has 0 spiro atoms. The molecule has 3 N–H and O–H groups in total. The van der Waals surface area contributed by atoms with E-state index in [1.807, 2.05) is 0 Å². The van der Waals surface area contributed by atoms with Crippen LogP contribution in [0.1, 0.15) is 17.5 Å². The third-order valence-electron chi connectivity index (χ3n) is 3.04. The van der Waals surface area contributed by atoms with E-state index >= 15 is 0 Å². The highest BCUT2D eigenvalue weighted by molar-refractivity contribution is 7.18. The van der Waals surface area contributed by atoms with Gasteiger partial charge in [0.2, 0.25) is 16.0 Å². The number of nitrogens with zero attached hydrogens (tertiary/aromatic N) is 4. The summed E-state index contributed by atoms with van der Waals surface area (Å²) in [4.78, 5) is 30.1. The molecule has 0 saturated carbocycles. The van der Waals surface area contributed by atoms with E-state index in [9.17, 15) is 9.59 Å². The number of amides is 1. The van der Waals surface area contributed by atoms with Gasteiger partial charge in [-0.3, -0.25) is 10.1 Å². The van der Waals surface area contributed by atoms with Gasteiger partial charge in [-0.05, 0) is 19.2 Å². The van der Waals surface area contributed by atoms with Crippen LogP contribution in [0, 0.1) is 0 Å². The molecule has 11 heteroatoms. The number of hydrogen-bond donors (Lipinski definition) is 2. The number of aliphatic imine (C=N–C) groups is 1. The van der Waals surface area contributed by atoms with Gasteiger partial charge in [0.25, 0.3) is 5.91 Å². The molecule has 1 amide bonds. The number of nitrogens with one attached hydrogen (secondary N) is 1. The lowest BCUT2D eigenvalue weighted by Gasteiger charge is -2.15. The highest BCUT2D eigenvalue weighted by Crippen LogP contribution is 2.26. The van der Waals surface area contributed by atoms with Crippen molar-refractivity contribution in [2.24, 2.45) is 10.7 Å². The van der Waals surface area contributed by atoms with Gasteiger partial charge in [-0.15, -0.1) is 10.2 Å². The Morgan fingerprint density at radius 3 is 2.81 bits per heavy atom. The summed E-state index contributed by atoms with van der Waals surface area (Å²) in [5.74, 6) is -0.803. The Hall–Kier alpha value is -3.21. The minimum atomic E-state index is -0.754. The number of aromatic nitrogens is 2. The van der Waals surface area contributed by atoms with Gasteiger partial charge in [0.05, 0.1) is 12.8 Å². The molecule has 138 valence electrons. The Labute approximate surface area is 153 Å². The van der Waals surface area contributed by atoms with E-state index in [4.69, 9.17) is 14.9 Å². The van der Waals surface area contributed by atoms with Crippen LogP contribution in [-0.2, 0) is 0 Å². The van der Waals surface area contributed by atoms with E-state index in [2.05, 4.69) is 20.5 Å². The molecular formula is C15H18N6O4S. The Balaban J connectivity index is 2.25. The topological polar surface area (TPSA) is 136 Å². The average molecular weight is 378 g/mol. The van der Waals surface area contributed by atoms with Gasteiger partial charge in [0.1, 0.15) is 0 Å². The number of allylic oxidation sites excluding steroid dienone is 1. The SMILES string of the molecule is COc1c(N(C)C)cc(C(=O)Nc2nnc(/N=C(C)/C=C\N)s2)oc1=O. The van der Waals surface area contributed by atoms with E-state index in [-0.39, 0.29) is 16.6 Å². The second-order valence-corrected chi connectivity index (χ2v) is 6.12. The second-order valence-electron chi connectivity index (χ2n) is 5.17. The normalized spacial score (nSPS) is 11.6. The van der Waals surface area contributed by atoms with Crippen molar-refractivity contribution < 1.29 is 13.9 Å². The largest absolute Gasteiger partial charge is 0.488 e. The number of rotatable bonds is 6. The first-order valence-electron chi connectivity index (χ1n) is 7.33. The number of anilines is 2. The third kappa shape index (κ3) is 4.45. The smallest absolute Gasteiger partial charge is 0.381 e. The van der Waals surface area contributed by atoms with Crippen LogP contribution in [0.15, 0.2) is 32.5 Å². The molecule has 0 bridgehead atoms. The standard InChI is InChI=1S/C15H18N6O4S/c1-8(5-6-16)17-14-19-20-15(26-14)18-12(22)10-7-9(21(2)3)11(24-4)13(23)25-10/h5-7H,16H2,1-4H3,(H,18,20,22)/b6-5-,17-8+. The first kappa shape index (κ1) is 19.1. The molecule has 0 aliphatic heterocycles. The number of nitrogens with two attached hydrogens (primary N) is 1. The van der Waals surface area contributed by atoms with Crippen molar-refractivity contribution >= 4 is 38.9 Å². The number of methoxy groups -OCH3 is 1. The van der Waals surface area contributed by atoms with Crippen LogP contribution in [0.25, 0.3) is 0 Å². The van der Waals surface area contributed by atoms with Gasteiger partial charge in [-0.25, -0.2) is 9.79 Å². The van der Waals surface area contributed by atoms with Crippen LogP contribution in [-0.4, -0.2) is 43.0 Å². The van der Waals surface area contributed by atoms with Crippen LogP contribution >= 0.6 is 11.3 Å². The molecule has 2 aromatic heterocycles. The summed E-state index contributed by atoms with van der Waals surface area (Å²) in [6.45, 7) is 1.75. The van der Waals surface area contributed by atoms with Crippen molar-refractivity contribution in [1.29, 1.82) is 0 Å². The van der Waals surface area contributed by atoms with E-state index in [1.54, 1.807) is 32.0 Å². The maximum absolute atomic E-state index is 12.3. The summed E-state index contributed by atoms with van der Waals surface area (Å²) in [6, 6.07) is 1.41. The minimum Gasteiger partial charge on any atom is -0.488 e. The summed E-state index contributed by atoms with van der Waals surface area (Å²) in [6.07, 6.45) is 2.96. The number of hydrogen-bond acceptors (Lipinski definition) is 10. The molecule has 0 atom stereocenters. The van der Waals surface area contributed by atoms with Gasteiger partial charge < -0.3 is 19.8 Å². The van der Waals surface area contributed by atoms with Crippen molar-refractivity contribution in [3.63, 3.8) is 0 Å². The summed E-state index contributed by atoms with van der Waals surface area (Å²) >= 11 is 1.06. The van der Waals surface area contributed by atoms with Crippen molar-refractivity contribution in [2.45, 2.75) is 6.92 Å². The summed E-state index contributed by atoms with van der Waals surface area (Å²) in [7, 11) is 4.78. The van der Waals surface area contributed by atoms with Crippen molar-refractivity contribution in [1.82, 2.24) is 10.2 Å². The molecule has 0 fully saturated rings. The molecular weight excluding hydrogens is 360 g/mol. The van der Waals surface area contributed by atoms with Gasteiger partial charge in [-0.2, -0.15) is 0 Å². The lowest BCUT2D eigenvalue weighted by Crippen LogP contribution is -2.20. The maximum Gasteiger partial charge on any atom is 0.381 e. The minimum absolute atomic E-state index is 0.0162. The molecule has 0 aliphatic rings. The van der Waals surface area contributed by atoms with E-state index in [0.29, 0.717) is 16.5 Å². The Kier molecular flexibility index (Phi) is 6.07. The zero-order valence-corrected chi connectivity index (χ0v) is 15.5. The first-order chi connectivity index (χ1) is 12.3. The van der Waals surface area contributed by atoms with Crippen LogP contribution < -0.4 is 26.3 Å². The average Bonchev–Trinajstić information content (AvgIpc) is 3.00. The van der Waals surface area contributed by atoms with Crippen molar-refractivity contribution in [3.05, 3.63) is 34.5 Å². The zero-order chi connectivity index (χ0) is 19.3. The predicted octanol–water partition coefficient (Wildman–Crippen LogP) is 1.38. The highest BCUT2D eigenvalue weighted by atomic mass is 32.1. The molecule has 0 unspecified atom stereocenters. The molecule has 2 aromatic rings. The Bertz CT molecular complexity index is 915. The van der Waals surface area contributed by atoms with Crippen LogP contribution in [0.2, 0.25) is 0 Å². The van der Waals surface area contributed by atoms with Crippen LogP contribution in [0.5, 0.6) is 5.75 Å². The molecule has 26 heavy (non-hydrogen) atoms. The Morgan fingerprint density at radius 2 is 2.19 bits per heavy atom. The molecule has 0 saturated heterocycles. The van der Waals surface area contributed by atoms with Crippen LogP contribution in [0.3, 0.4) is 0 Å². The van der Waals surface area contributed by atoms with Crippen molar-refractivity contribution in [2.75, 3.05) is 31.4 Å². The lowest BCUT2D eigenvalue weighted by molar-refractivity contribution is 0.0991. The highest BCUT2D eigenvalue weighted by Gasteiger charge is 2.19. The molecule has 0 aliphatic carbocycles. The summed E-state index contributed by atoms with van der Waals surface area (Å²) in [5.41, 5.74) is 5.59. The molecule has 10 nitrogen and oxygen atoms in total. The van der Waals surface area contributed by atoms with E-state index in [0.717, 1.165) is 11.3 Å². The number of ether oxygens (including phenoxy) is 1. The maximum atomic E-state index is 12.3. The fraction of sp³-hybridized carbons (Fsp3) is 0.267. The quantitative estimate of drug-likeness (QED) is 0.720. The molecule has 0 aromatic carbocycles. The Morgan fingerprint density at radius 1 is 1.46 bits per heavy atom. The van der Waals surface area contributed by atoms with Gasteiger partial charge in [0.15, 0.2) is 5.76 Å². The van der Waals surface area contributed by atoms with Crippen molar-refractivity contribution in [3.8, 4) is 5.75 Å². The fourth-order valence-electron chi connectivity index (χ4n) is 1.90. The van der Waals surface area contributed by atoms with Gasteiger partial charge in [0, 0.05) is 25.9 Å². The first-order valence-corrected chi connectivity index (χ1v) is 8.15. The third-order valence-corrected chi connectivity index (χ3v) is 3.78. The number of carbonyl (C=O) groups is 1. The molecule has 2 heterocycles. The monoisotopic (exact) mass is 378 g/mol. The zero-order valence-electron chi connectivity index (χ0n) is 14.6. The van der Waals surface area contributed by atoms with Gasteiger partial charge >= 0.3 is 5.63 Å². The second kappa shape index (κ2) is 8.25. The summed E-state index contributed by atoms with van der Waals surface area (Å²) in [5, 5.41) is 10.8. The lowest BCUT2D eigenvalue weighted by atomic mass is 10.3. The number of carbonyl (C=O) groups excluding carboxylic acids is 1. The van der Waals surface area contributed by atoms with Gasteiger partial charge in [-0.1, -0.05) is 11.3 Å². The predicted molar refractivity (Wildman–Crippen MR) is 99.8 cm³/mol. The van der Waals surface area contributed by atoms with Crippen LogP contribution in [0.4, 0.5) is 16.0 Å². The fourth-order valence-corrected chi connectivity index (χ4v) is 2.57. The summed E-state index contributed by atoms with van der Waals surface area (Å²) < 4.78 is 10.0. The van der Waals surface area contributed by atoms with E-state index in [1.165, 1.54) is 19.4 Å². The van der Waals surface area contributed by atoms with E-state index < -0.39 is 11.5 Å².